The van der Waals surface area contributed by atoms with Gasteiger partial charge in [0.15, 0.2) is 0 Å². The SMILES string of the molecule is CC(C)(OO)C1CCCCC1. The average molecular weight is 158 g/mol. The van der Waals surface area contributed by atoms with Gasteiger partial charge in [0, 0.05) is 0 Å². The molecule has 0 spiro atoms. The fourth-order valence-electron chi connectivity index (χ4n) is 1.87. The van der Waals surface area contributed by atoms with Gasteiger partial charge in [0.25, 0.3) is 0 Å². The standard InChI is InChI=1S/C9H18O2/c1-9(2,11-10)8-6-4-3-5-7-8/h8,10H,3-7H2,1-2H3. The minimum Gasteiger partial charge on any atom is -0.251 e. The van der Waals surface area contributed by atoms with Gasteiger partial charge in [-0.2, -0.15) is 0 Å². The maximum Gasteiger partial charge on any atom is 0.100 e. The summed E-state index contributed by atoms with van der Waals surface area (Å²) in [6, 6.07) is 0. The Morgan fingerprint density at radius 1 is 1.18 bits per heavy atom. The molecule has 0 aromatic rings. The van der Waals surface area contributed by atoms with E-state index in [1.54, 1.807) is 0 Å². The highest BCUT2D eigenvalue weighted by Gasteiger charge is 2.31. The quantitative estimate of drug-likeness (QED) is 0.494. The van der Waals surface area contributed by atoms with Crippen LogP contribution >= 0.6 is 0 Å². The minimum absolute atomic E-state index is 0.333. The molecule has 1 fully saturated rings. The Balaban J connectivity index is 2.43. The van der Waals surface area contributed by atoms with Gasteiger partial charge in [0.05, 0.1) is 0 Å². The zero-order valence-corrected chi connectivity index (χ0v) is 7.47. The first-order valence-corrected chi connectivity index (χ1v) is 4.49. The summed E-state index contributed by atoms with van der Waals surface area (Å²) in [5.41, 5.74) is -0.333. The lowest BCUT2D eigenvalue weighted by atomic mass is 9.79. The Kier molecular flexibility index (Phi) is 2.90. The zero-order chi connectivity index (χ0) is 8.32. The maximum atomic E-state index is 8.65. The van der Waals surface area contributed by atoms with Gasteiger partial charge in [-0.05, 0) is 32.6 Å². The van der Waals surface area contributed by atoms with Crippen LogP contribution in [0, 0.1) is 5.92 Å². The lowest BCUT2D eigenvalue weighted by molar-refractivity contribution is -0.328. The first-order valence-electron chi connectivity index (χ1n) is 4.49. The van der Waals surface area contributed by atoms with Crippen molar-refractivity contribution in [2.24, 2.45) is 5.92 Å². The van der Waals surface area contributed by atoms with Crippen LogP contribution in [0.1, 0.15) is 46.0 Å². The molecule has 0 aromatic heterocycles. The topological polar surface area (TPSA) is 29.5 Å². The molecule has 0 radical (unpaired) electrons. The Morgan fingerprint density at radius 2 is 1.73 bits per heavy atom. The summed E-state index contributed by atoms with van der Waals surface area (Å²) in [6.45, 7) is 3.92. The van der Waals surface area contributed by atoms with Gasteiger partial charge in [-0.25, -0.2) is 4.89 Å². The zero-order valence-electron chi connectivity index (χ0n) is 7.47. The monoisotopic (exact) mass is 158 g/mol. The molecule has 1 N–H and O–H groups in total. The molecular weight excluding hydrogens is 140 g/mol. The highest BCUT2D eigenvalue weighted by molar-refractivity contribution is 4.80. The van der Waals surface area contributed by atoms with Crippen molar-refractivity contribution >= 4 is 0 Å². The molecule has 0 aromatic carbocycles. The van der Waals surface area contributed by atoms with Crippen LogP contribution in [0.25, 0.3) is 0 Å². The molecule has 1 aliphatic carbocycles. The molecule has 1 aliphatic rings. The summed E-state index contributed by atoms with van der Waals surface area (Å²) in [4.78, 5) is 4.48. The van der Waals surface area contributed by atoms with Crippen LogP contribution in [-0.2, 0) is 4.89 Å². The molecule has 1 rings (SSSR count). The molecule has 0 unspecified atom stereocenters. The van der Waals surface area contributed by atoms with E-state index in [0.717, 1.165) is 0 Å². The summed E-state index contributed by atoms with van der Waals surface area (Å²) >= 11 is 0. The molecule has 2 heteroatoms. The van der Waals surface area contributed by atoms with Crippen molar-refractivity contribution < 1.29 is 10.1 Å². The van der Waals surface area contributed by atoms with E-state index in [9.17, 15) is 0 Å². The van der Waals surface area contributed by atoms with E-state index in [4.69, 9.17) is 5.26 Å². The Hall–Kier alpha value is -0.0800. The minimum atomic E-state index is -0.333. The van der Waals surface area contributed by atoms with Crippen molar-refractivity contribution in [3.05, 3.63) is 0 Å². The third-order valence-electron chi connectivity index (χ3n) is 2.82. The van der Waals surface area contributed by atoms with Crippen LogP contribution in [0.4, 0.5) is 0 Å². The molecule has 66 valence electrons. The van der Waals surface area contributed by atoms with Crippen molar-refractivity contribution in [1.29, 1.82) is 0 Å². The number of rotatable bonds is 2. The normalized spacial score (nSPS) is 22.1. The Bertz CT molecular complexity index is 115. The summed E-state index contributed by atoms with van der Waals surface area (Å²) < 4.78 is 0. The predicted molar refractivity (Wildman–Crippen MR) is 44.4 cm³/mol. The fourth-order valence-corrected chi connectivity index (χ4v) is 1.87. The van der Waals surface area contributed by atoms with Crippen LogP contribution in [0.2, 0.25) is 0 Å². The number of hydrogen-bond donors (Lipinski definition) is 1. The molecule has 0 amide bonds. The van der Waals surface area contributed by atoms with Gasteiger partial charge in [0.2, 0.25) is 0 Å². The van der Waals surface area contributed by atoms with Crippen molar-refractivity contribution in [2.75, 3.05) is 0 Å². The smallest absolute Gasteiger partial charge is 0.100 e. The van der Waals surface area contributed by atoms with Gasteiger partial charge >= 0.3 is 0 Å². The molecule has 0 aliphatic heterocycles. The first-order chi connectivity index (χ1) is 5.17. The van der Waals surface area contributed by atoms with Crippen LogP contribution in [0.15, 0.2) is 0 Å². The average Bonchev–Trinajstić information content (AvgIpc) is 2.06. The third kappa shape index (κ3) is 2.17. The largest absolute Gasteiger partial charge is 0.251 e. The summed E-state index contributed by atoms with van der Waals surface area (Å²) in [7, 11) is 0. The molecular formula is C9H18O2. The van der Waals surface area contributed by atoms with Gasteiger partial charge in [0.1, 0.15) is 5.60 Å². The highest BCUT2D eigenvalue weighted by Crippen LogP contribution is 2.33. The van der Waals surface area contributed by atoms with E-state index in [1.807, 2.05) is 13.8 Å². The molecule has 0 saturated heterocycles. The maximum absolute atomic E-state index is 8.65. The van der Waals surface area contributed by atoms with Crippen molar-refractivity contribution in [1.82, 2.24) is 0 Å². The molecule has 1 saturated carbocycles. The van der Waals surface area contributed by atoms with E-state index >= 15 is 0 Å². The van der Waals surface area contributed by atoms with E-state index in [-0.39, 0.29) is 5.60 Å². The van der Waals surface area contributed by atoms with Crippen LogP contribution in [0.5, 0.6) is 0 Å². The Labute approximate surface area is 68.5 Å². The van der Waals surface area contributed by atoms with Gasteiger partial charge in [-0.15, -0.1) is 0 Å². The van der Waals surface area contributed by atoms with E-state index in [0.29, 0.717) is 5.92 Å². The van der Waals surface area contributed by atoms with Crippen LogP contribution in [-0.4, -0.2) is 10.9 Å². The fraction of sp³-hybridized carbons (Fsp3) is 1.00. The molecule has 11 heavy (non-hydrogen) atoms. The second kappa shape index (κ2) is 3.55. The van der Waals surface area contributed by atoms with Gasteiger partial charge < -0.3 is 0 Å². The van der Waals surface area contributed by atoms with Crippen LogP contribution in [0.3, 0.4) is 0 Å². The van der Waals surface area contributed by atoms with Crippen LogP contribution < -0.4 is 0 Å². The molecule has 0 atom stereocenters. The van der Waals surface area contributed by atoms with E-state index < -0.39 is 0 Å². The summed E-state index contributed by atoms with van der Waals surface area (Å²) in [5.74, 6) is 0.543. The second-order valence-corrected chi connectivity index (χ2v) is 4.03. The first kappa shape index (κ1) is 9.01. The van der Waals surface area contributed by atoms with E-state index in [1.165, 1.54) is 32.1 Å². The summed E-state index contributed by atoms with van der Waals surface area (Å²) in [5, 5.41) is 8.65. The molecule has 0 bridgehead atoms. The second-order valence-electron chi connectivity index (χ2n) is 4.03. The van der Waals surface area contributed by atoms with Crippen molar-refractivity contribution in [3.63, 3.8) is 0 Å². The third-order valence-corrected chi connectivity index (χ3v) is 2.82. The van der Waals surface area contributed by atoms with Gasteiger partial charge in [-0.3, -0.25) is 5.26 Å². The predicted octanol–water partition coefficient (Wildman–Crippen LogP) is 2.83. The Morgan fingerprint density at radius 3 is 2.18 bits per heavy atom. The van der Waals surface area contributed by atoms with Crippen molar-refractivity contribution in [3.8, 4) is 0 Å². The molecule has 0 heterocycles. The number of hydrogen-bond acceptors (Lipinski definition) is 2. The lowest BCUT2D eigenvalue weighted by Crippen LogP contribution is -2.34. The van der Waals surface area contributed by atoms with E-state index in [2.05, 4.69) is 4.89 Å². The van der Waals surface area contributed by atoms with Gasteiger partial charge in [-0.1, -0.05) is 19.3 Å². The summed E-state index contributed by atoms with van der Waals surface area (Å²) in [6.07, 6.45) is 6.33. The molecule has 2 nitrogen and oxygen atoms in total. The lowest BCUT2D eigenvalue weighted by Gasteiger charge is -2.33. The highest BCUT2D eigenvalue weighted by atomic mass is 17.1. The van der Waals surface area contributed by atoms with Crippen molar-refractivity contribution in [2.45, 2.75) is 51.6 Å².